The number of piperidine rings is 2. The molecule has 12 heteroatoms. The van der Waals surface area contributed by atoms with Crippen LogP contribution in [0.5, 0.6) is 5.75 Å². The van der Waals surface area contributed by atoms with E-state index in [1.54, 1.807) is 0 Å². The standard InChI is InChI=1S/C24H31N5O6.ClH/c25-15-7-11-28(12-8-15)10-2-1-9-26-21(31)14-35-16-3-4-17-18(13-16)24(34)29(23(17)33)19-5-6-20(30)27-22(19)32;/h3-4,13,15,19H,1-2,5-12,14,25H2,(H,26,31)(H,27,30,32);1H. The van der Waals surface area contributed by atoms with Crippen molar-refractivity contribution in [3.05, 3.63) is 29.3 Å². The van der Waals surface area contributed by atoms with E-state index < -0.39 is 29.7 Å². The van der Waals surface area contributed by atoms with Crippen LogP contribution < -0.4 is 21.1 Å². The number of likely N-dealkylation sites (tertiary alicyclic amines) is 1. The molecule has 1 aromatic carbocycles. The van der Waals surface area contributed by atoms with Gasteiger partial charge in [-0.15, -0.1) is 12.4 Å². The van der Waals surface area contributed by atoms with Gasteiger partial charge in [0.25, 0.3) is 17.7 Å². The summed E-state index contributed by atoms with van der Waals surface area (Å²) in [5, 5.41) is 4.98. The Morgan fingerprint density at radius 3 is 2.50 bits per heavy atom. The molecule has 4 N–H and O–H groups in total. The minimum Gasteiger partial charge on any atom is -0.484 e. The van der Waals surface area contributed by atoms with Crippen LogP contribution >= 0.6 is 12.4 Å². The van der Waals surface area contributed by atoms with Crippen LogP contribution in [0.1, 0.15) is 59.2 Å². The van der Waals surface area contributed by atoms with Crippen molar-refractivity contribution in [2.45, 2.75) is 50.6 Å². The van der Waals surface area contributed by atoms with Gasteiger partial charge in [0.05, 0.1) is 11.1 Å². The third-order valence-electron chi connectivity index (χ3n) is 6.64. The van der Waals surface area contributed by atoms with Crippen molar-refractivity contribution in [1.29, 1.82) is 0 Å². The molecule has 36 heavy (non-hydrogen) atoms. The number of carbonyl (C=O) groups excluding carboxylic acids is 5. The van der Waals surface area contributed by atoms with E-state index in [9.17, 15) is 24.0 Å². The van der Waals surface area contributed by atoms with Crippen LogP contribution in [-0.4, -0.2) is 84.2 Å². The van der Waals surface area contributed by atoms with Crippen LogP contribution in [0.4, 0.5) is 0 Å². The van der Waals surface area contributed by atoms with Crippen LogP contribution in [-0.2, 0) is 14.4 Å². The molecule has 2 fully saturated rings. The van der Waals surface area contributed by atoms with Gasteiger partial charge in [-0.2, -0.15) is 0 Å². The first-order chi connectivity index (χ1) is 16.8. The second kappa shape index (κ2) is 12.3. The number of hydrogen-bond acceptors (Lipinski definition) is 8. The van der Waals surface area contributed by atoms with Gasteiger partial charge in [-0.1, -0.05) is 0 Å². The molecule has 1 unspecified atom stereocenters. The lowest BCUT2D eigenvalue weighted by atomic mass is 10.0. The Balaban J connectivity index is 0.00000361. The maximum atomic E-state index is 12.9. The van der Waals surface area contributed by atoms with Crippen LogP contribution in [0.3, 0.4) is 0 Å². The van der Waals surface area contributed by atoms with E-state index in [2.05, 4.69) is 15.5 Å². The van der Waals surface area contributed by atoms with E-state index in [0.717, 1.165) is 50.2 Å². The van der Waals surface area contributed by atoms with E-state index in [0.29, 0.717) is 12.6 Å². The van der Waals surface area contributed by atoms with Gasteiger partial charge in [-0.3, -0.25) is 34.2 Å². The van der Waals surface area contributed by atoms with E-state index >= 15 is 0 Å². The summed E-state index contributed by atoms with van der Waals surface area (Å²) in [5.74, 6) is -2.30. The average Bonchev–Trinajstić information content (AvgIpc) is 3.08. The number of rotatable bonds is 9. The quantitative estimate of drug-likeness (QED) is 0.308. The fourth-order valence-electron chi connectivity index (χ4n) is 4.60. The number of fused-ring (bicyclic) bond motifs is 1. The van der Waals surface area contributed by atoms with Crippen molar-refractivity contribution in [1.82, 2.24) is 20.4 Å². The van der Waals surface area contributed by atoms with E-state index in [-0.39, 0.29) is 54.6 Å². The molecule has 1 aromatic rings. The Morgan fingerprint density at radius 1 is 1.06 bits per heavy atom. The van der Waals surface area contributed by atoms with Crippen molar-refractivity contribution in [3.8, 4) is 5.75 Å². The molecule has 0 radical (unpaired) electrons. The fourth-order valence-corrected chi connectivity index (χ4v) is 4.60. The summed E-state index contributed by atoms with van der Waals surface area (Å²) in [6.07, 6.45) is 4.06. The van der Waals surface area contributed by atoms with Gasteiger partial charge >= 0.3 is 0 Å². The average molecular weight is 522 g/mol. The number of carbonyl (C=O) groups is 5. The topological polar surface area (TPSA) is 151 Å². The van der Waals surface area contributed by atoms with E-state index in [1.165, 1.54) is 18.2 Å². The molecule has 1 atom stereocenters. The normalized spacial score (nSPS) is 20.6. The highest BCUT2D eigenvalue weighted by atomic mass is 35.5. The number of imide groups is 2. The number of benzene rings is 1. The molecule has 2 saturated heterocycles. The first kappa shape index (κ1) is 27.6. The zero-order valence-corrected chi connectivity index (χ0v) is 20.8. The van der Waals surface area contributed by atoms with Gasteiger partial charge in [0, 0.05) is 19.0 Å². The molecule has 0 aliphatic carbocycles. The number of halogens is 1. The smallest absolute Gasteiger partial charge is 0.262 e. The monoisotopic (exact) mass is 521 g/mol. The first-order valence-corrected chi connectivity index (χ1v) is 12.1. The first-order valence-electron chi connectivity index (χ1n) is 12.1. The van der Waals surface area contributed by atoms with Gasteiger partial charge in [0.2, 0.25) is 11.8 Å². The Labute approximate surface area is 215 Å². The molecule has 0 aromatic heterocycles. The summed E-state index contributed by atoms with van der Waals surface area (Å²) in [7, 11) is 0. The largest absolute Gasteiger partial charge is 0.484 e. The molecule has 4 rings (SSSR count). The minimum atomic E-state index is -1.03. The maximum Gasteiger partial charge on any atom is 0.262 e. The number of hydrogen-bond donors (Lipinski definition) is 3. The zero-order valence-electron chi connectivity index (χ0n) is 20.0. The molecule has 3 heterocycles. The molecule has 196 valence electrons. The number of nitrogens with zero attached hydrogens (tertiary/aromatic N) is 2. The second-order valence-electron chi connectivity index (χ2n) is 9.18. The van der Waals surface area contributed by atoms with E-state index in [4.69, 9.17) is 10.5 Å². The Morgan fingerprint density at radius 2 is 1.78 bits per heavy atom. The molecular formula is C24H32ClN5O6. The Kier molecular flexibility index (Phi) is 9.41. The number of amides is 5. The maximum absolute atomic E-state index is 12.9. The van der Waals surface area contributed by atoms with Gasteiger partial charge in [0.1, 0.15) is 11.8 Å². The van der Waals surface area contributed by atoms with Crippen molar-refractivity contribution < 1.29 is 28.7 Å². The van der Waals surface area contributed by atoms with Crippen molar-refractivity contribution in [2.75, 3.05) is 32.8 Å². The summed E-state index contributed by atoms with van der Waals surface area (Å²) < 4.78 is 5.52. The number of nitrogens with one attached hydrogen (secondary N) is 2. The summed E-state index contributed by atoms with van der Waals surface area (Å²) in [5.41, 5.74) is 6.19. The van der Waals surface area contributed by atoms with Gasteiger partial charge in [0.15, 0.2) is 6.61 Å². The van der Waals surface area contributed by atoms with Crippen molar-refractivity contribution in [2.24, 2.45) is 5.73 Å². The van der Waals surface area contributed by atoms with Crippen LogP contribution in [0, 0.1) is 0 Å². The van der Waals surface area contributed by atoms with Gasteiger partial charge in [-0.25, -0.2) is 0 Å². The molecule has 3 aliphatic heterocycles. The summed E-state index contributed by atoms with van der Waals surface area (Å²) in [6.45, 7) is 3.38. The van der Waals surface area contributed by atoms with Crippen molar-refractivity contribution >= 4 is 41.9 Å². The van der Waals surface area contributed by atoms with E-state index in [1.807, 2.05) is 0 Å². The Hall–Kier alpha value is -3.02. The zero-order chi connectivity index (χ0) is 24.9. The highest BCUT2D eigenvalue weighted by Gasteiger charge is 2.44. The number of unbranched alkanes of at least 4 members (excludes halogenated alkanes) is 1. The summed E-state index contributed by atoms with van der Waals surface area (Å²) in [6, 6.07) is 3.65. The molecule has 11 nitrogen and oxygen atoms in total. The summed E-state index contributed by atoms with van der Waals surface area (Å²) >= 11 is 0. The molecular weight excluding hydrogens is 490 g/mol. The van der Waals surface area contributed by atoms with Crippen molar-refractivity contribution in [3.63, 3.8) is 0 Å². The third-order valence-corrected chi connectivity index (χ3v) is 6.64. The lowest BCUT2D eigenvalue weighted by molar-refractivity contribution is -0.136. The number of ether oxygens (including phenoxy) is 1. The lowest BCUT2D eigenvalue weighted by Gasteiger charge is -2.29. The minimum absolute atomic E-state index is 0. The Bertz CT molecular complexity index is 1030. The molecule has 3 aliphatic rings. The SMILES string of the molecule is Cl.NC1CCN(CCCCNC(=O)COc2ccc3c(c2)C(=O)N(C2CCC(=O)NC2=O)C3=O)CC1. The van der Waals surface area contributed by atoms with Gasteiger partial charge in [-0.05, 0) is 69.9 Å². The highest BCUT2D eigenvalue weighted by molar-refractivity contribution is 6.23. The molecule has 0 bridgehead atoms. The molecule has 0 spiro atoms. The van der Waals surface area contributed by atoms with Crippen LogP contribution in [0.25, 0.3) is 0 Å². The summed E-state index contributed by atoms with van der Waals surface area (Å²) in [4.78, 5) is 64.5. The fraction of sp³-hybridized carbons (Fsp3) is 0.542. The number of nitrogens with two attached hydrogens (primary N) is 1. The van der Waals surface area contributed by atoms with Crippen LogP contribution in [0.15, 0.2) is 18.2 Å². The predicted molar refractivity (Wildman–Crippen MR) is 132 cm³/mol. The van der Waals surface area contributed by atoms with Crippen LogP contribution in [0.2, 0.25) is 0 Å². The highest BCUT2D eigenvalue weighted by Crippen LogP contribution is 2.30. The second-order valence-corrected chi connectivity index (χ2v) is 9.18. The van der Waals surface area contributed by atoms with Gasteiger partial charge < -0.3 is 20.7 Å². The lowest BCUT2D eigenvalue weighted by Crippen LogP contribution is -2.54. The third kappa shape index (κ3) is 6.40. The molecule has 0 saturated carbocycles. The predicted octanol–water partition coefficient (Wildman–Crippen LogP) is 0.208. The molecule has 5 amide bonds.